The Bertz CT molecular complexity index is 247. The van der Waals surface area contributed by atoms with Crippen LogP contribution in [-0.4, -0.2) is 7.05 Å². The van der Waals surface area contributed by atoms with Crippen molar-refractivity contribution in [2.24, 2.45) is 0 Å². The monoisotopic (exact) mass is 150 g/mol. The number of anilines is 1. The minimum absolute atomic E-state index is 1.31. The quantitative estimate of drug-likeness (QED) is 0.558. The summed E-state index contributed by atoms with van der Waals surface area (Å²) in [5.74, 6) is 2.12. The van der Waals surface area contributed by atoms with Crippen molar-refractivity contribution in [2.45, 2.75) is 4.90 Å². The maximum Gasteiger partial charge on any atom is 0.110 e. The molecule has 0 saturated carbocycles. The zero-order valence-electron chi connectivity index (χ0n) is 5.74. The molecule has 0 N–H and O–H groups in total. The summed E-state index contributed by atoms with van der Waals surface area (Å²) in [4.78, 5) is 3.49. The van der Waals surface area contributed by atoms with Gasteiger partial charge in [0.1, 0.15) is 5.88 Å². The number of para-hydroxylation sites is 1. The molecule has 1 aliphatic rings. The van der Waals surface area contributed by atoms with Crippen molar-refractivity contribution in [3.05, 3.63) is 30.1 Å². The average Bonchev–Trinajstić information content (AvgIpc) is 2.34. The highest BCUT2D eigenvalue weighted by atomic mass is 32.2. The van der Waals surface area contributed by atoms with Gasteiger partial charge in [-0.1, -0.05) is 23.9 Å². The molecule has 1 aromatic rings. The van der Waals surface area contributed by atoms with Crippen molar-refractivity contribution in [3.8, 4) is 0 Å². The molecule has 0 fully saturated rings. The summed E-state index contributed by atoms with van der Waals surface area (Å²) in [6.07, 6.45) is 0. The Morgan fingerprint density at radius 2 is 2.10 bits per heavy atom. The van der Waals surface area contributed by atoms with Crippen LogP contribution in [0.3, 0.4) is 0 Å². The standard InChI is InChI=1S/C8H8NS/c1-9-6-10-8-5-3-2-4-7(8)9/h2-6H,1H3. The van der Waals surface area contributed by atoms with Crippen LogP contribution in [0, 0.1) is 5.88 Å². The second kappa shape index (κ2) is 2.20. The Kier molecular flexibility index (Phi) is 1.34. The predicted molar refractivity (Wildman–Crippen MR) is 45.0 cm³/mol. The Labute approximate surface area is 65.0 Å². The molecule has 51 valence electrons. The van der Waals surface area contributed by atoms with Gasteiger partial charge in [-0.2, -0.15) is 0 Å². The van der Waals surface area contributed by atoms with Crippen molar-refractivity contribution in [1.29, 1.82) is 0 Å². The van der Waals surface area contributed by atoms with Gasteiger partial charge in [0.05, 0.1) is 5.69 Å². The minimum atomic E-state index is 1.31. The Balaban J connectivity index is 2.51. The van der Waals surface area contributed by atoms with Crippen molar-refractivity contribution >= 4 is 17.4 Å². The van der Waals surface area contributed by atoms with Crippen LogP contribution in [0.2, 0.25) is 0 Å². The fourth-order valence-corrected chi connectivity index (χ4v) is 1.92. The van der Waals surface area contributed by atoms with E-state index < -0.39 is 0 Å². The van der Waals surface area contributed by atoms with E-state index in [9.17, 15) is 0 Å². The van der Waals surface area contributed by atoms with Gasteiger partial charge in [0.15, 0.2) is 0 Å². The van der Waals surface area contributed by atoms with Gasteiger partial charge in [-0.05, 0) is 12.1 Å². The van der Waals surface area contributed by atoms with Crippen LogP contribution in [-0.2, 0) is 0 Å². The van der Waals surface area contributed by atoms with Crippen molar-refractivity contribution in [1.82, 2.24) is 0 Å². The summed E-state index contributed by atoms with van der Waals surface area (Å²) in [5, 5.41) is 0. The Morgan fingerprint density at radius 3 is 2.90 bits per heavy atom. The van der Waals surface area contributed by atoms with Crippen LogP contribution in [0.4, 0.5) is 5.69 Å². The van der Waals surface area contributed by atoms with Gasteiger partial charge in [0.2, 0.25) is 0 Å². The van der Waals surface area contributed by atoms with E-state index in [4.69, 9.17) is 0 Å². The normalized spacial score (nSPS) is 15.5. The van der Waals surface area contributed by atoms with E-state index in [0.29, 0.717) is 0 Å². The van der Waals surface area contributed by atoms with Crippen LogP contribution in [0.5, 0.6) is 0 Å². The molecule has 1 heterocycles. The fourth-order valence-electron chi connectivity index (χ4n) is 1.04. The molecule has 2 heteroatoms. The van der Waals surface area contributed by atoms with Crippen LogP contribution >= 0.6 is 11.8 Å². The molecular weight excluding hydrogens is 142 g/mol. The zero-order valence-corrected chi connectivity index (χ0v) is 6.56. The first-order valence-corrected chi connectivity index (χ1v) is 4.08. The highest BCUT2D eigenvalue weighted by Crippen LogP contribution is 2.39. The first-order chi connectivity index (χ1) is 4.88. The maximum absolute atomic E-state index is 2.14. The van der Waals surface area contributed by atoms with Gasteiger partial charge >= 0.3 is 0 Å². The SMILES string of the molecule is CN1[CH]Sc2ccccc21. The van der Waals surface area contributed by atoms with Gasteiger partial charge in [0, 0.05) is 11.9 Å². The van der Waals surface area contributed by atoms with Crippen molar-refractivity contribution < 1.29 is 0 Å². The summed E-state index contributed by atoms with van der Waals surface area (Å²) in [6, 6.07) is 8.40. The number of hydrogen-bond acceptors (Lipinski definition) is 2. The molecule has 1 aliphatic heterocycles. The van der Waals surface area contributed by atoms with Gasteiger partial charge in [-0.25, -0.2) is 0 Å². The summed E-state index contributed by atoms with van der Waals surface area (Å²) in [6.45, 7) is 0. The number of nitrogens with zero attached hydrogens (tertiary/aromatic N) is 1. The van der Waals surface area contributed by atoms with E-state index in [0.717, 1.165) is 0 Å². The average molecular weight is 150 g/mol. The lowest BCUT2D eigenvalue weighted by atomic mass is 10.3. The van der Waals surface area contributed by atoms with E-state index in [2.05, 4.69) is 42.1 Å². The first kappa shape index (κ1) is 6.10. The van der Waals surface area contributed by atoms with Gasteiger partial charge in [-0.3, -0.25) is 0 Å². The maximum atomic E-state index is 2.14. The second-order valence-corrected chi connectivity index (χ2v) is 3.19. The Hall–Kier alpha value is -0.630. The largest absolute Gasteiger partial charge is 0.359 e. The van der Waals surface area contributed by atoms with Gasteiger partial charge in [-0.15, -0.1) is 0 Å². The van der Waals surface area contributed by atoms with E-state index in [-0.39, 0.29) is 0 Å². The van der Waals surface area contributed by atoms with Crippen LogP contribution in [0.15, 0.2) is 29.2 Å². The Morgan fingerprint density at radius 1 is 1.30 bits per heavy atom. The third kappa shape index (κ3) is 0.797. The lowest BCUT2D eigenvalue weighted by Gasteiger charge is -2.08. The molecule has 10 heavy (non-hydrogen) atoms. The number of fused-ring (bicyclic) bond motifs is 1. The molecule has 1 nitrogen and oxygen atoms in total. The van der Waals surface area contributed by atoms with Crippen LogP contribution < -0.4 is 4.90 Å². The lowest BCUT2D eigenvalue weighted by Crippen LogP contribution is -2.05. The van der Waals surface area contributed by atoms with E-state index in [1.54, 1.807) is 11.8 Å². The van der Waals surface area contributed by atoms with E-state index in [1.165, 1.54) is 10.6 Å². The fraction of sp³-hybridized carbons (Fsp3) is 0.125. The molecule has 0 atom stereocenters. The minimum Gasteiger partial charge on any atom is -0.359 e. The summed E-state index contributed by atoms with van der Waals surface area (Å²) >= 11 is 1.78. The van der Waals surface area contributed by atoms with Crippen LogP contribution in [0.25, 0.3) is 0 Å². The molecule has 2 rings (SSSR count). The lowest BCUT2D eigenvalue weighted by molar-refractivity contribution is 1.17. The molecule has 0 saturated heterocycles. The van der Waals surface area contributed by atoms with Gasteiger partial charge in [0.25, 0.3) is 0 Å². The molecule has 0 aromatic heterocycles. The molecule has 0 amide bonds. The first-order valence-electron chi connectivity index (χ1n) is 3.20. The summed E-state index contributed by atoms with van der Waals surface area (Å²) in [7, 11) is 2.07. The number of thioether (sulfide) groups is 1. The summed E-state index contributed by atoms with van der Waals surface area (Å²) in [5.41, 5.74) is 1.31. The topological polar surface area (TPSA) is 3.24 Å². The summed E-state index contributed by atoms with van der Waals surface area (Å²) < 4.78 is 0. The molecule has 0 bridgehead atoms. The van der Waals surface area contributed by atoms with Crippen LogP contribution in [0.1, 0.15) is 0 Å². The molecule has 0 aliphatic carbocycles. The smallest absolute Gasteiger partial charge is 0.110 e. The number of hydrogen-bond donors (Lipinski definition) is 0. The van der Waals surface area contributed by atoms with E-state index >= 15 is 0 Å². The second-order valence-electron chi connectivity index (χ2n) is 2.30. The third-order valence-corrected chi connectivity index (χ3v) is 2.60. The molecule has 1 aromatic carbocycles. The highest BCUT2D eigenvalue weighted by molar-refractivity contribution is 8.01. The van der Waals surface area contributed by atoms with E-state index in [1.807, 2.05) is 0 Å². The zero-order chi connectivity index (χ0) is 6.97. The third-order valence-electron chi connectivity index (χ3n) is 1.58. The van der Waals surface area contributed by atoms with Crippen molar-refractivity contribution in [3.63, 3.8) is 0 Å². The number of rotatable bonds is 0. The van der Waals surface area contributed by atoms with Gasteiger partial charge < -0.3 is 4.90 Å². The number of benzene rings is 1. The molecule has 1 radical (unpaired) electrons. The highest BCUT2D eigenvalue weighted by Gasteiger charge is 2.14. The predicted octanol–water partition coefficient (Wildman–Crippen LogP) is 2.35. The molecule has 0 spiro atoms. The molecule has 0 unspecified atom stereocenters. The molecular formula is C8H8NS. The van der Waals surface area contributed by atoms with Crippen molar-refractivity contribution in [2.75, 3.05) is 11.9 Å².